The van der Waals surface area contributed by atoms with Crippen molar-refractivity contribution in [1.29, 1.82) is 0 Å². The molecule has 1 saturated heterocycles. The number of aliphatic hydroxyl groups is 2. The molecule has 3 N–H and O–H groups in total. The van der Waals surface area contributed by atoms with Crippen LogP contribution in [0, 0.1) is 17.8 Å². The van der Waals surface area contributed by atoms with Crippen molar-refractivity contribution >= 4 is 23.1 Å². The third-order valence-electron chi connectivity index (χ3n) is 15.4. The quantitative estimate of drug-likeness (QED) is 0.0511. The lowest BCUT2D eigenvalue weighted by molar-refractivity contribution is -0.145. The summed E-state index contributed by atoms with van der Waals surface area (Å²) in [7, 11) is 0. The minimum absolute atomic E-state index is 0.0152. The Morgan fingerprint density at radius 3 is 1.80 bits per heavy atom. The standard InChI is InChI=1S/C58H86N4O4/c1-8-11-13-15-17-19-21-23-25-27-29-43(30-28-26-24-22-20-18-16-14-12-9-2)38-66-55(65)32-31-45-40(5)50-34-48-41(6)47(37-63)53(60-48)35-49-39(4)44(10-3)52(59-49)36-51-42(7)56-54(64)33-46(57(45)61-50)58(56)62-51/h34-36,40,43,45,61,63-64H,8-33,37-38H2,1-7H3/t40-,45-/m0/s1. The number of allylic oxidation sites excluding steroid dienone is 11. The normalized spacial score (nSPS) is 20.2. The van der Waals surface area contributed by atoms with Crippen LogP contribution in [-0.2, 0) is 9.53 Å². The Morgan fingerprint density at radius 1 is 0.712 bits per heavy atom. The van der Waals surface area contributed by atoms with Gasteiger partial charge in [0, 0.05) is 52.8 Å². The molecule has 0 spiro atoms. The molecule has 0 saturated carbocycles. The summed E-state index contributed by atoms with van der Waals surface area (Å²) >= 11 is 0. The SMILES string of the molecule is CCCCCCCCCCCCC(CCCCCCCCCCCC)COC(=O)CC[C@@H]1C2=C3CC(O)=C4C3=NC(=C4C)C=C3N=C(C=C4N=C(C=C(N2)[C@H]1C)C(C)=C4CO)C(C)=C3CC. The van der Waals surface area contributed by atoms with Crippen LogP contribution >= 0.6 is 0 Å². The van der Waals surface area contributed by atoms with Gasteiger partial charge in [-0.05, 0) is 92.9 Å². The van der Waals surface area contributed by atoms with Crippen LogP contribution < -0.4 is 5.32 Å². The largest absolute Gasteiger partial charge is 0.511 e. The topological polar surface area (TPSA) is 116 Å². The third kappa shape index (κ3) is 13.1. The summed E-state index contributed by atoms with van der Waals surface area (Å²) in [5, 5.41) is 25.9. The molecule has 8 nitrogen and oxygen atoms in total. The zero-order valence-electron chi connectivity index (χ0n) is 42.3. The Bertz CT molecular complexity index is 2070. The molecule has 2 atom stereocenters. The van der Waals surface area contributed by atoms with Crippen LogP contribution in [0.15, 0.2) is 106 Å². The van der Waals surface area contributed by atoms with Crippen LogP contribution in [0.1, 0.15) is 215 Å². The second-order valence-electron chi connectivity index (χ2n) is 20.3. The van der Waals surface area contributed by atoms with Crippen LogP contribution in [0.2, 0.25) is 0 Å². The summed E-state index contributed by atoms with van der Waals surface area (Å²) in [5.74, 6) is 0.655. The van der Waals surface area contributed by atoms with E-state index < -0.39 is 0 Å². The molecule has 0 aromatic rings. The van der Waals surface area contributed by atoms with Crippen LogP contribution in [0.25, 0.3) is 0 Å². The molecule has 6 rings (SSSR count). The Hall–Kier alpha value is -4.04. The van der Waals surface area contributed by atoms with Crippen LogP contribution in [0.3, 0.4) is 0 Å². The number of nitrogens with one attached hydrogen (secondary N) is 1. The molecule has 6 aliphatic rings. The van der Waals surface area contributed by atoms with E-state index in [0.717, 1.165) is 104 Å². The lowest BCUT2D eigenvalue weighted by Crippen LogP contribution is -2.18. The predicted octanol–water partition coefficient (Wildman–Crippen LogP) is 15.2. The fourth-order valence-corrected chi connectivity index (χ4v) is 11.1. The van der Waals surface area contributed by atoms with Crippen molar-refractivity contribution in [3.8, 4) is 0 Å². The van der Waals surface area contributed by atoms with Crippen LogP contribution in [-0.4, -0.2) is 46.5 Å². The lowest BCUT2D eigenvalue weighted by Gasteiger charge is -2.19. The summed E-state index contributed by atoms with van der Waals surface area (Å²) in [4.78, 5) is 29.2. The Morgan fingerprint density at radius 2 is 1.24 bits per heavy atom. The number of nitrogens with zero attached hydrogens (tertiary/aromatic N) is 3. The highest BCUT2D eigenvalue weighted by Gasteiger charge is 2.41. The van der Waals surface area contributed by atoms with Crippen molar-refractivity contribution in [1.82, 2.24) is 5.32 Å². The maximum Gasteiger partial charge on any atom is 0.305 e. The fraction of sp³-hybridized carbons (Fsp3) is 0.655. The second kappa shape index (κ2) is 25.9. The summed E-state index contributed by atoms with van der Waals surface area (Å²) < 4.78 is 6.19. The second-order valence-corrected chi connectivity index (χ2v) is 20.3. The average Bonchev–Trinajstić information content (AvgIpc) is 4.07. The number of hydrogen-bond donors (Lipinski definition) is 3. The Kier molecular flexibility index (Phi) is 20.2. The number of rotatable bonds is 29. The average molecular weight is 903 g/mol. The van der Waals surface area contributed by atoms with Gasteiger partial charge in [0.25, 0.3) is 0 Å². The maximum absolute atomic E-state index is 13.8. The number of esters is 1. The summed E-state index contributed by atoms with van der Waals surface area (Å²) in [6.45, 7) is 15.5. The highest BCUT2D eigenvalue weighted by Crippen LogP contribution is 2.46. The number of aliphatic imine (C=N–C) groups is 3. The van der Waals surface area contributed by atoms with Crippen molar-refractivity contribution in [3.63, 3.8) is 0 Å². The highest BCUT2D eigenvalue weighted by atomic mass is 16.5. The van der Waals surface area contributed by atoms with E-state index in [2.05, 4.69) is 52.1 Å². The molecule has 66 heavy (non-hydrogen) atoms. The van der Waals surface area contributed by atoms with Gasteiger partial charge < -0.3 is 20.3 Å². The van der Waals surface area contributed by atoms with Gasteiger partial charge in [0.05, 0.1) is 47.4 Å². The Labute approximate surface area is 399 Å². The number of carbonyl (C=O) groups excluding carboxylic acids is 1. The first-order valence-electron chi connectivity index (χ1n) is 26.8. The highest BCUT2D eigenvalue weighted by molar-refractivity contribution is 6.21. The van der Waals surface area contributed by atoms with E-state index in [1.165, 1.54) is 128 Å². The molecule has 0 radical (unpaired) electrons. The smallest absolute Gasteiger partial charge is 0.305 e. The van der Waals surface area contributed by atoms with E-state index in [1.54, 1.807) is 0 Å². The zero-order chi connectivity index (χ0) is 47.0. The van der Waals surface area contributed by atoms with Crippen molar-refractivity contribution in [2.75, 3.05) is 13.2 Å². The molecule has 8 bridgehead atoms. The molecule has 0 aromatic carbocycles. The minimum atomic E-state index is -0.121. The number of carbonyl (C=O) groups is 1. The molecule has 8 heteroatoms. The maximum atomic E-state index is 13.8. The molecule has 1 fully saturated rings. The monoisotopic (exact) mass is 903 g/mol. The van der Waals surface area contributed by atoms with Crippen molar-refractivity contribution in [2.45, 2.75) is 215 Å². The number of ether oxygens (including phenoxy) is 1. The molecular weight excluding hydrogens is 817 g/mol. The van der Waals surface area contributed by atoms with Gasteiger partial charge in [0.1, 0.15) is 5.76 Å². The number of aliphatic hydroxyl groups excluding tert-OH is 2. The van der Waals surface area contributed by atoms with E-state index in [0.29, 0.717) is 37.5 Å². The van der Waals surface area contributed by atoms with Crippen LogP contribution in [0.5, 0.6) is 0 Å². The van der Waals surface area contributed by atoms with Gasteiger partial charge in [-0.1, -0.05) is 156 Å². The summed E-state index contributed by atoms with van der Waals surface area (Å²) in [5.41, 5.74) is 13.6. The molecule has 5 heterocycles. The number of fused-ring (bicyclic) bond motifs is 5. The van der Waals surface area contributed by atoms with Gasteiger partial charge in [-0.15, -0.1) is 0 Å². The van der Waals surface area contributed by atoms with Gasteiger partial charge in [-0.3, -0.25) is 4.79 Å². The first-order valence-corrected chi connectivity index (χ1v) is 26.8. The molecule has 362 valence electrons. The zero-order valence-corrected chi connectivity index (χ0v) is 42.3. The van der Waals surface area contributed by atoms with Crippen molar-refractivity contribution < 1.29 is 19.7 Å². The first kappa shape index (κ1) is 51.4. The number of hydrogen-bond acceptors (Lipinski definition) is 8. The molecular formula is C58H86N4O4. The van der Waals surface area contributed by atoms with Crippen molar-refractivity contribution in [3.05, 3.63) is 91.5 Å². The molecule has 0 aromatic heterocycles. The lowest BCUT2D eigenvalue weighted by atomic mass is 9.86. The van der Waals surface area contributed by atoms with E-state index in [9.17, 15) is 15.0 Å². The van der Waals surface area contributed by atoms with E-state index >= 15 is 0 Å². The van der Waals surface area contributed by atoms with Gasteiger partial charge in [-0.25, -0.2) is 15.0 Å². The van der Waals surface area contributed by atoms with E-state index in [1.807, 2.05) is 19.9 Å². The molecule has 5 aliphatic heterocycles. The van der Waals surface area contributed by atoms with Gasteiger partial charge in [0.15, 0.2) is 0 Å². The molecule has 0 amide bonds. The van der Waals surface area contributed by atoms with Gasteiger partial charge in [-0.2, -0.15) is 0 Å². The summed E-state index contributed by atoms with van der Waals surface area (Å²) in [6, 6.07) is 0. The van der Waals surface area contributed by atoms with Gasteiger partial charge >= 0.3 is 5.97 Å². The fourth-order valence-electron chi connectivity index (χ4n) is 11.1. The molecule has 1 aliphatic carbocycles. The minimum Gasteiger partial charge on any atom is -0.511 e. The number of unbranched alkanes of at least 4 members (excludes halogenated alkanes) is 18. The first-order chi connectivity index (χ1) is 32.1. The molecule has 0 unspecified atom stereocenters. The Balaban J connectivity index is 1.14. The summed E-state index contributed by atoms with van der Waals surface area (Å²) in [6.07, 6.45) is 37.2. The predicted molar refractivity (Wildman–Crippen MR) is 276 cm³/mol. The van der Waals surface area contributed by atoms with Crippen molar-refractivity contribution in [2.24, 2.45) is 32.7 Å². The van der Waals surface area contributed by atoms with Gasteiger partial charge in [0.2, 0.25) is 0 Å². The van der Waals surface area contributed by atoms with E-state index in [-0.39, 0.29) is 24.4 Å². The third-order valence-corrected chi connectivity index (χ3v) is 15.4. The van der Waals surface area contributed by atoms with Crippen LogP contribution in [0.4, 0.5) is 0 Å². The van der Waals surface area contributed by atoms with E-state index in [4.69, 9.17) is 19.7 Å².